The van der Waals surface area contributed by atoms with Crippen LogP contribution in [0.4, 0.5) is 0 Å². The SMILES string of the molecule is COc1ccc(O)c(/C=C(\C#N)C(N)=O)c1. The maximum absolute atomic E-state index is 10.8. The molecule has 1 amide bonds. The third kappa shape index (κ3) is 2.51. The maximum Gasteiger partial charge on any atom is 0.259 e. The Morgan fingerprint density at radius 1 is 1.62 bits per heavy atom. The van der Waals surface area contributed by atoms with Crippen LogP contribution in [0, 0.1) is 11.3 Å². The Morgan fingerprint density at radius 3 is 2.81 bits per heavy atom. The zero-order valence-corrected chi connectivity index (χ0v) is 8.60. The third-order valence-electron chi connectivity index (χ3n) is 1.92. The average Bonchev–Trinajstić information content (AvgIpc) is 2.27. The van der Waals surface area contributed by atoms with Gasteiger partial charge in [0.15, 0.2) is 0 Å². The second kappa shape index (κ2) is 4.84. The first-order valence-corrected chi connectivity index (χ1v) is 4.37. The topological polar surface area (TPSA) is 96.3 Å². The normalized spacial score (nSPS) is 10.6. The number of methoxy groups -OCH3 is 1. The molecule has 0 spiro atoms. The van der Waals surface area contributed by atoms with Crippen LogP contribution in [0.25, 0.3) is 6.08 Å². The summed E-state index contributed by atoms with van der Waals surface area (Å²) < 4.78 is 4.95. The maximum atomic E-state index is 10.8. The molecule has 0 radical (unpaired) electrons. The van der Waals surface area contributed by atoms with Crippen LogP contribution in [0.3, 0.4) is 0 Å². The minimum Gasteiger partial charge on any atom is -0.507 e. The van der Waals surface area contributed by atoms with Gasteiger partial charge in [0.25, 0.3) is 5.91 Å². The van der Waals surface area contributed by atoms with E-state index in [1.54, 1.807) is 12.1 Å². The van der Waals surface area contributed by atoms with Gasteiger partial charge in [-0.05, 0) is 24.3 Å². The molecule has 3 N–H and O–H groups in total. The predicted molar refractivity (Wildman–Crippen MR) is 57.4 cm³/mol. The minimum atomic E-state index is -0.843. The Labute approximate surface area is 92.4 Å². The molecule has 16 heavy (non-hydrogen) atoms. The van der Waals surface area contributed by atoms with Gasteiger partial charge in [-0.25, -0.2) is 0 Å². The minimum absolute atomic E-state index is 0.0604. The lowest BCUT2D eigenvalue weighted by Crippen LogP contribution is -2.12. The quantitative estimate of drug-likeness (QED) is 0.579. The average molecular weight is 218 g/mol. The van der Waals surface area contributed by atoms with Crippen molar-refractivity contribution in [1.29, 1.82) is 5.26 Å². The zero-order chi connectivity index (χ0) is 12.1. The fourth-order valence-electron chi connectivity index (χ4n) is 1.09. The summed E-state index contributed by atoms with van der Waals surface area (Å²) in [6.45, 7) is 0. The van der Waals surface area contributed by atoms with Crippen molar-refractivity contribution in [3.05, 3.63) is 29.3 Å². The molecule has 0 aliphatic carbocycles. The predicted octanol–water partition coefficient (Wildman–Crippen LogP) is 0.793. The van der Waals surface area contributed by atoms with Crippen LogP contribution in [-0.4, -0.2) is 18.1 Å². The van der Waals surface area contributed by atoms with E-state index in [9.17, 15) is 9.90 Å². The number of benzene rings is 1. The number of amides is 1. The van der Waals surface area contributed by atoms with Gasteiger partial charge in [-0.2, -0.15) is 5.26 Å². The van der Waals surface area contributed by atoms with E-state index in [0.29, 0.717) is 11.3 Å². The number of nitriles is 1. The fourth-order valence-corrected chi connectivity index (χ4v) is 1.09. The molecule has 5 nitrogen and oxygen atoms in total. The van der Waals surface area contributed by atoms with E-state index in [-0.39, 0.29) is 11.3 Å². The van der Waals surface area contributed by atoms with Crippen LogP contribution >= 0.6 is 0 Å². The molecule has 0 heterocycles. The summed E-state index contributed by atoms with van der Waals surface area (Å²) >= 11 is 0. The lowest BCUT2D eigenvalue weighted by atomic mass is 10.1. The summed E-state index contributed by atoms with van der Waals surface area (Å²) in [6, 6.07) is 6.11. The molecule has 1 aromatic rings. The highest BCUT2D eigenvalue weighted by Crippen LogP contribution is 2.24. The summed E-state index contributed by atoms with van der Waals surface area (Å²) in [6.07, 6.45) is 1.21. The monoisotopic (exact) mass is 218 g/mol. The van der Waals surface area contributed by atoms with E-state index in [1.807, 2.05) is 0 Å². The van der Waals surface area contributed by atoms with Gasteiger partial charge in [0.1, 0.15) is 23.1 Å². The number of carbonyl (C=O) groups is 1. The summed E-state index contributed by atoms with van der Waals surface area (Å²) in [5, 5.41) is 18.1. The molecule has 0 fully saturated rings. The highest BCUT2D eigenvalue weighted by molar-refractivity contribution is 6.00. The van der Waals surface area contributed by atoms with Crippen LogP contribution < -0.4 is 10.5 Å². The molecule has 5 heteroatoms. The van der Waals surface area contributed by atoms with Crippen molar-refractivity contribution < 1.29 is 14.6 Å². The number of carbonyl (C=O) groups excluding carboxylic acids is 1. The molecule has 0 bridgehead atoms. The first-order chi connectivity index (χ1) is 7.58. The Kier molecular flexibility index (Phi) is 3.51. The van der Waals surface area contributed by atoms with E-state index in [2.05, 4.69) is 0 Å². The van der Waals surface area contributed by atoms with Crippen molar-refractivity contribution in [2.45, 2.75) is 0 Å². The van der Waals surface area contributed by atoms with Crippen molar-refractivity contribution in [2.24, 2.45) is 5.73 Å². The number of hydrogen-bond donors (Lipinski definition) is 2. The van der Waals surface area contributed by atoms with Crippen LogP contribution in [0.15, 0.2) is 23.8 Å². The molecular weight excluding hydrogens is 208 g/mol. The molecule has 0 saturated carbocycles. The van der Waals surface area contributed by atoms with E-state index in [0.717, 1.165) is 0 Å². The molecule has 82 valence electrons. The Bertz CT molecular complexity index is 486. The number of nitrogens with two attached hydrogens (primary N) is 1. The van der Waals surface area contributed by atoms with Crippen LogP contribution in [0.2, 0.25) is 0 Å². The highest BCUT2D eigenvalue weighted by atomic mass is 16.5. The summed E-state index contributed by atoms with van der Waals surface area (Å²) in [4.78, 5) is 10.8. The molecule has 0 atom stereocenters. The molecule has 0 aliphatic rings. The van der Waals surface area contributed by atoms with Crippen molar-refractivity contribution in [3.8, 4) is 17.6 Å². The number of phenolic OH excluding ortho intramolecular Hbond substituents is 1. The molecule has 0 aliphatic heterocycles. The first kappa shape index (κ1) is 11.6. The zero-order valence-electron chi connectivity index (χ0n) is 8.60. The number of phenols is 1. The molecule has 1 aromatic carbocycles. The number of rotatable bonds is 3. The number of hydrogen-bond acceptors (Lipinski definition) is 4. The van der Waals surface area contributed by atoms with Gasteiger partial charge in [-0.1, -0.05) is 0 Å². The smallest absolute Gasteiger partial charge is 0.259 e. The lowest BCUT2D eigenvalue weighted by Gasteiger charge is -2.03. The van der Waals surface area contributed by atoms with Crippen molar-refractivity contribution in [1.82, 2.24) is 0 Å². The van der Waals surface area contributed by atoms with E-state index in [4.69, 9.17) is 15.7 Å². The van der Waals surface area contributed by atoms with Crippen molar-refractivity contribution in [3.63, 3.8) is 0 Å². The lowest BCUT2D eigenvalue weighted by molar-refractivity contribution is -0.114. The largest absolute Gasteiger partial charge is 0.507 e. The molecule has 0 unspecified atom stereocenters. The summed E-state index contributed by atoms with van der Waals surface area (Å²) in [5.74, 6) is -0.398. The van der Waals surface area contributed by atoms with Gasteiger partial charge in [0.05, 0.1) is 7.11 Å². The Balaban J connectivity index is 3.23. The first-order valence-electron chi connectivity index (χ1n) is 4.37. The van der Waals surface area contributed by atoms with E-state index in [1.165, 1.54) is 25.3 Å². The number of ether oxygens (including phenoxy) is 1. The summed E-state index contributed by atoms with van der Waals surface area (Å²) in [5.41, 5.74) is 5.04. The van der Waals surface area contributed by atoms with Gasteiger partial charge in [0.2, 0.25) is 0 Å². The molecule has 0 aromatic heterocycles. The molecular formula is C11H10N2O3. The number of primary amides is 1. The van der Waals surface area contributed by atoms with E-state index >= 15 is 0 Å². The fraction of sp³-hybridized carbons (Fsp3) is 0.0909. The second-order valence-corrected chi connectivity index (χ2v) is 2.96. The molecule has 1 rings (SSSR count). The molecule has 0 saturated heterocycles. The second-order valence-electron chi connectivity index (χ2n) is 2.96. The van der Waals surface area contributed by atoms with Gasteiger partial charge in [0, 0.05) is 5.56 Å². The Morgan fingerprint density at radius 2 is 2.31 bits per heavy atom. The Hall–Kier alpha value is -2.48. The highest BCUT2D eigenvalue weighted by Gasteiger charge is 2.06. The standard InChI is InChI=1S/C11H10N2O3/c1-16-9-2-3-10(14)7(5-9)4-8(6-12)11(13)15/h2-5,14H,1H3,(H2,13,15)/b8-4+. The van der Waals surface area contributed by atoms with Crippen LogP contribution in [-0.2, 0) is 4.79 Å². The number of aromatic hydroxyl groups is 1. The van der Waals surface area contributed by atoms with Gasteiger partial charge < -0.3 is 15.6 Å². The van der Waals surface area contributed by atoms with Gasteiger partial charge >= 0.3 is 0 Å². The summed E-state index contributed by atoms with van der Waals surface area (Å²) in [7, 11) is 1.47. The van der Waals surface area contributed by atoms with Crippen LogP contribution in [0.1, 0.15) is 5.56 Å². The number of nitrogens with zero attached hydrogens (tertiary/aromatic N) is 1. The van der Waals surface area contributed by atoms with Crippen molar-refractivity contribution in [2.75, 3.05) is 7.11 Å². The third-order valence-corrected chi connectivity index (χ3v) is 1.92. The van der Waals surface area contributed by atoms with Gasteiger partial charge in [-0.15, -0.1) is 0 Å². The van der Waals surface area contributed by atoms with Crippen LogP contribution in [0.5, 0.6) is 11.5 Å². The van der Waals surface area contributed by atoms with Crippen molar-refractivity contribution >= 4 is 12.0 Å². The van der Waals surface area contributed by atoms with E-state index < -0.39 is 5.91 Å². The van der Waals surface area contributed by atoms with Gasteiger partial charge in [-0.3, -0.25) is 4.79 Å².